The quantitative estimate of drug-likeness (QED) is 0.644. The molecule has 0 bridgehead atoms. The van der Waals surface area contributed by atoms with Crippen molar-refractivity contribution in [2.24, 2.45) is 0 Å². The Balaban J connectivity index is 1.40. The van der Waals surface area contributed by atoms with Gasteiger partial charge in [0.05, 0.1) is 0 Å². The van der Waals surface area contributed by atoms with Gasteiger partial charge in [0.15, 0.2) is 0 Å². The van der Waals surface area contributed by atoms with Crippen LogP contribution in [0.15, 0.2) is 66.7 Å². The summed E-state index contributed by atoms with van der Waals surface area (Å²) in [7, 11) is 2.09. The van der Waals surface area contributed by atoms with Gasteiger partial charge in [0, 0.05) is 52.4 Å². The summed E-state index contributed by atoms with van der Waals surface area (Å²) in [5, 5.41) is 0. The average Bonchev–Trinajstić information content (AvgIpc) is 2.75. The summed E-state index contributed by atoms with van der Waals surface area (Å²) in [6.07, 6.45) is 0. The number of piperazine rings is 1. The van der Waals surface area contributed by atoms with Crippen molar-refractivity contribution in [3.63, 3.8) is 0 Å². The molecule has 1 aliphatic rings. The summed E-state index contributed by atoms with van der Waals surface area (Å²) in [6, 6.07) is 23.3. The molecule has 29 heavy (non-hydrogen) atoms. The van der Waals surface area contributed by atoms with Crippen molar-refractivity contribution < 1.29 is 0 Å². The molecule has 1 fully saturated rings. The van der Waals surface area contributed by atoms with Gasteiger partial charge in [-0.1, -0.05) is 60.7 Å². The van der Waals surface area contributed by atoms with Crippen LogP contribution in [0.3, 0.4) is 0 Å². The molecular weight excluding hydrogens is 358 g/mol. The van der Waals surface area contributed by atoms with Gasteiger partial charge in [0.25, 0.3) is 0 Å². The standard InChI is InChI=1S/C24H29N5/c1-20-25-23(27(2)18-21-9-5-3-6-10-21)17-24(26-20)29-15-13-28(14-16-29)19-22-11-7-4-8-12-22/h3-12,17H,13-16,18-19H2,1-2H3. The van der Waals surface area contributed by atoms with E-state index in [0.717, 1.165) is 56.7 Å². The monoisotopic (exact) mass is 387 g/mol. The molecule has 1 aromatic heterocycles. The van der Waals surface area contributed by atoms with Crippen LogP contribution in [0, 0.1) is 6.92 Å². The summed E-state index contributed by atoms with van der Waals surface area (Å²) in [5.41, 5.74) is 2.66. The lowest BCUT2D eigenvalue weighted by Gasteiger charge is -2.35. The smallest absolute Gasteiger partial charge is 0.134 e. The predicted octanol–water partition coefficient (Wildman–Crippen LogP) is 3.74. The molecular formula is C24H29N5. The highest BCUT2D eigenvalue weighted by Gasteiger charge is 2.19. The predicted molar refractivity (Wildman–Crippen MR) is 119 cm³/mol. The van der Waals surface area contributed by atoms with Crippen LogP contribution in [0.4, 0.5) is 11.6 Å². The van der Waals surface area contributed by atoms with Gasteiger partial charge in [-0.15, -0.1) is 0 Å². The van der Waals surface area contributed by atoms with E-state index >= 15 is 0 Å². The molecule has 4 rings (SSSR count). The Labute approximate surface area is 173 Å². The first kappa shape index (κ1) is 19.4. The molecule has 0 amide bonds. The first-order valence-electron chi connectivity index (χ1n) is 10.3. The van der Waals surface area contributed by atoms with Gasteiger partial charge in [-0.25, -0.2) is 9.97 Å². The van der Waals surface area contributed by atoms with Crippen LogP contribution >= 0.6 is 0 Å². The molecule has 2 heterocycles. The zero-order valence-electron chi connectivity index (χ0n) is 17.3. The molecule has 0 radical (unpaired) electrons. The molecule has 2 aromatic carbocycles. The van der Waals surface area contributed by atoms with E-state index in [0.29, 0.717) is 0 Å². The first-order chi connectivity index (χ1) is 14.2. The molecule has 5 nitrogen and oxygen atoms in total. The third-order valence-electron chi connectivity index (χ3n) is 5.41. The van der Waals surface area contributed by atoms with Crippen molar-refractivity contribution in [1.29, 1.82) is 0 Å². The number of aryl methyl sites for hydroxylation is 1. The van der Waals surface area contributed by atoms with E-state index in [-0.39, 0.29) is 0 Å². The third kappa shape index (κ3) is 5.12. The van der Waals surface area contributed by atoms with E-state index in [4.69, 9.17) is 4.98 Å². The van der Waals surface area contributed by atoms with Gasteiger partial charge in [0.2, 0.25) is 0 Å². The summed E-state index contributed by atoms with van der Waals surface area (Å²) < 4.78 is 0. The van der Waals surface area contributed by atoms with Crippen LogP contribution in [0.1, 0.15) is 17.0 Å². The minimum atomic E-state index is 0.823. The topological polar surface area (TPSA) is 35.5 Å². The number of benzene rings is 2. The summed E-state index contributed by atoms with van der Waals surface area (Å²) in [4.78, 5) is 16.5. The molecule has 0 saturated carbocycles. The zero-order chi connectivity index (χ0) is 20.1. The molecule has 0 N–H and O–H groups in total. The number of aromatic nitrogens is 2. The van der Waals surface area contributed by atoms with E-state index in [2.05, 4.69) is 87.4 Å². The second-order valence-corrected chi connectivity index (χ2v) is 7.72. The fraction of sp³-hybridized carbons (Fsp3) is 0.333. The number of hydrogen-bond donors (Lipinski definition) is 0. The van der Waals surface area contributed by atoms with Crippen molar-refractivity contribution in [3.05, 3.63) is 83.7 Å². The van der Waals surface area contributed by atoms with Crippen molar-refractivity contribution in [2.45, 2.75) is 20.0 Å². The molecule has 0 spiro atoms. The van der Waals surface area contributed by atoms with E-state index in [1.54, 1.807) is 0 Å². The molecule has 1 saturated heterocycles. The van der Waals surface area contributed by atoms with Crippen molar-refractivity contribution in [2.75, 3.05) is 43.0 Å². The molecule has 3 aromatic rings. The van der Waals surface area contributed by atoms with Crippen LogP contribution in [0.25, 0.3) is 0 Å². The van der Waals surface area contributed by atoms with Crippen LogP contribution < -0.4 is 9.80 Å². The van der Waals surface area contributed by atoms with Gasteiger partial charge in [-0.3, -0.25) is 4.90 Å². The lowest BCUT2D eigenvalue weighted by Crippen LogP contribution is -2.46. The highest BCUT2D eigenvalue weighted by atomic mass is 15.3. The third-order valence-corrected chi connectivity index (χ3v) is 5.41. The highest BCUT2D eigenvalue weighted by Crippen LogP contribution is 2.21. The SMILES string of the molecule is Cc1nc(N(C)Cc2ccccc2)cc(N2CCN(Cc3ccccc3)CC2)n1. The van der Waals surface area contributed by atoms with E-state index in [9.17, 15) is 0 Å². The van der Waals surface area contributed by atoms with Gasteiger partial charge in [-0.05, 0) is 18.1 Å². The van der Waals surface area contributed by atoms with E-state index < -0.39 is 0 Å². The molecule has 1 aliphatic heterocycles. The van der Waals surface area contributed by atoms with Gasteiger partial charge >= 0.3 is 0 Å². The maximum absolute atomic E-state index is 4.73. The van der Waals surface area contributed by atoms with Gasteiger partial charge < -0.3 is 9.80 Å². The Bertz CT molecular complexity index is 905. The molecule has 150 valence electrons. The Hall–Kier alpha value is -2.92. The van der Waals surface area contributed by atoms with Crippen LogP contribution in [0.5, 0.6) is 0 Å². The number of anilines is 2. The van der Waals surface area contributed by atoms with Gasteiger partial charge in [-0.2, -0.15) is 0 Å². The molecule has 0 unspecified atom stereocenters. The minimum Gasteiger partial charge on any atom is -0.355 e. The van der Waals surface area contributed by atoms with Crippen molar-refractivity contribution >= 4 is 11.6 Å². The normalized spacial score (nSPS) is 14.8. The number of rotatable bonds is 6. The first-order valence-corrected chi connectivity index (χ1v) is 10.3. The lowest BCUT2D eigenvalue weighted by molar-refractivity contribution is 0.249. The summed E-state index contributed by atoms with van der Waals surface area (Å²) >= 11 is 0. The maximum Gasteiger partial charge on any atom is 0.134 e. The van der Waals surface area contributed by atoms with Crippen molar-refractivity contribution in [3.8, 4) is 0 Å². The van der Waals surface area contributed by atoms with E-state index in [1.165, 1.54) is 11.1 Å². The maximum atomic E-state index is 4.73. The minimum absolute atomic E-state index is 0.823. The zero-order valence-corrected chi connectivity index (χ0v) is 17.3. The fourth-order valence-corrected chi connectivity index (χ4v) is 3.81. The average molecular weight is 388 g/mol. The number of hydrogen-bond acceptors (Lipinski definition) is 5. The number of nitrogens with zero attached hydrogens (tertiary/aromatic N) is 5. The van der Waals surface area contributed by atoms with E-state index in [1.807, 2.05) is 13.0 Å². The Morgan fingerprint density at radius 1 is 0.828 bits per heavy atom. The fourth-order valence-electron chi connectivity index (χ4n) is 3.81. The Kier molecular flexibility index (Phi) is 6.06. The van der Waals surface area contributed by atoms with Crippen LogP contribution in [-0.4, -0.2) is 48.1 Å². The Morgan fingerprint density at radius 3 is 2.10 bits per heavy atom. The largest absolute Gasteiger partial charge is 0.355 e. The molecule has 5 heteroatoms. The second-order valence-electron chi connectivity index (χ2n) is 7.72. The highest BCUT2D eigenvalue weighted by molar-refractivity contribution is 5.51. The lowest BCUT2D eigenvalue weighted by atomic mass is 10.2. The van der Waals surface area contributed by atoms with Crippen LogP contribution in [-0.2, 0) is 13.1 Å². The Morgan fingerprint density at radius 2 is 1.45 bits per heavy atom. The molecule has 0 atom stereocenters. The van der Waals surface area contributed by atoms with Crippen molar-refractivity contribution in [1.82, 2.24) is 14.9 Å². The summed E-state index contributed by atoms with van der Waals surface area (Å²) in [5.74, 6) is 2.83. The van der Waals surface area contributed by atoms with Gasteiger partial charge in [0.1, 0.15) is 17.5 Å². The molecule has 0 aliphatic carbocycles. The van der Waals surface area contributed by atoms with Crippen LogP contribution in [0.2, 0.25) is 0 Å². The second kappa shape index (κ2) is 9.05. The summed E-state index contributed by atoms with van der Waals surface area (Å²) in [6.45, 7) is 7.91.